The third kappa shape index (κ3) is 37.0. The van der Waals surface area contributed by atoms with Crippen molar-refractivity contribution >= 4 is 5.91 Å². The second-order valence-electron chi connectivity index (χ2n) is 26.7. The highest BCUT2D eigenvalue weighted by Crippen LogP contribution is 2.33. The highest BCUT2D eigenvalue weighted by atomic mass is 16.8. The first-order chi connectivity index (χ1) is 45.3. The van der Waals surface area contributed by atoms with Gasteiger partial charge in [0.2, 0.25) is 5.91 Å². The second kappa shape index (κ2) is 55.6. The second-order valence-corrected chi connectivity index (χ2v) is 26.7. The molecular formula is C74H135NO18. The molecule has 0 aliphatic carbocycles. The van der Waals surface area contributed by atoms with E-state index in [1.54, 1.807) is 6.08 Å². The summed E-state index contributed by atoms with van der Waals surface area (Å²) in [5, 5.41) is 121. The quantitative estimate of drug-likeness (QED) is 0.0199. The molecule has 3 fully saturated rings. The molecule has 19 nitrogen and oxygen atoms in total. The lowest BCUT2D eigenvalue weighted by atomic mass is 9.96. The Kier molecular flexibility index (Phi) is 50.8. The van der Waals surface area contributed by atoms with Crippen LogP contribution in [0.3, 0.4) is 0 Å². The first-order valence-corrected chi connectivity index (χ1v) is 37.4. The van der Waals surface area contributed by atoms with Gasteiger partial charge in [-0.1, -0.05) is 255 Å². The summed E-state index contributed by atoms with van der Waals surface area (Å²) in [7, 11) is 0. The zero-order chi connectivity index (χ0) is 67.5. The fraction of sp³-hybridized carbons (Fsp3) is 0.878. The molecule has 3 heterocycles. The van der Waals surface area contributed by atoms with Crippen LogP contribution in [0.5, 0.6) is 0 Å². The molecule has 3 aliphatic heterocycles. The van der Waals surface area contributed by atoms with Gasteiger partial charge in [-0.25, -0.2) is 0 Å². The summed E-state index contributed by atoms with van der Waals surface area (Å²) in [5.74, 6) is -0.297. The highest BCUT2D eigenvalue weighted by Gasteiger charge is 2.53. The first-order valence-electron chi connectivity index (χ1n) is 37.4. The molecule has 0 aromatic rings. The molecule has 17 unspecified atom stereocenters. The van der Waals surface area contributed by atoms with E-state index in [0.29, 0.717) is 12.8 Å². The van der Waals surface area contributed by atoms with Gasteiger partial charge >= 0.3 is 0 Å². The molecule has 0 saturated carbocycles. The van der Waals surface area contributed by atoms with Crippen molar-refractivity contribution in [3.63, 3.8) is 0 Å². The number of rotatable bonds is 58. The van der Waals surface area contributed by atoms with Crippen LogP contribution in [0.25, 0.3) is 0 Å². The van der Waals surface area contributed by atoms with Crippen molar-refractivity contribution in [3.8, 4) is 0 Å². The van der Waals surface area contributed by atoms with Gasteiger partial charge in [0.25, 0.3) is 0 Å². The zero-order valence-electron chi connectivity index (χ0n) is 57.7. The average Bonchev–Trinajstić information content (AvgIpc) is 0.814. The minimum absolute atomic E-state index is 0.221. The molecule has 3 saturated heterocycles. The molecule has 1 amide bonds. The predicted molar refractivity (Wildman–Crippen MR) is 365 cm³/mol. The van der Waals surface area contributed by atoms with Crippen LogP contribution in [-0.2, 0) is 33.2 Å². The monoisotopic (exact) mass is 1330 g/mol. The number of hydrogen-bond acceptors (Lipinski definition) is 18. The fourth-order valence-electron chi connectivity index (χ4n) is 12.5. The summed E-state index contributed by atoms with van der Waals surface area (Å²) in [4.78, 5) is 13.4. The number of ether oxygens (including phenoxy) is 6. The Balaban J connectivity index is 1.39. The molecule has 17 atom stereocenters. The highest BCUT2D eigenvalue weighted by molar-refractivity contribution is 5.76. The summed E-state index contributed by atoms with van der Waals surface area (Å²) in [5.41, 5.74) is 0. The molecule has 12 N–H and O–H groups in total. The lowest BCUT2D eigenvalue weighted by Gasteiger charge is -2.48. The Bertz CT molecular complexity index is 1870. The van der Waals surface area contributed by atoms with E-state index in [1.165, 1.54) is 186 Å². The standard InChI is InChI=1S/C74H135NO18/c1-3-5-7-9-11-13-15-17-19-20-21-22-23-24-25-26-27-28-29-30-31-32-33-34-35-36-38-39-41-43-45-47-49-51-58(79)57(75-62(80)52-50-48-46-44-42-40-37-18-16-14-12-10-8-6-4-2)56-88-72-68(86)65(83)70(60(54-77)90-72)93-74-69(87)66(84)71(61(55-78)91-74)92-73-67(85)64(82)63(81)59(53-76)89-73/h18,35-37,41,43,49,51,57-61,63-74,76-79,81-87H,3-17,19-34,38-40,42,44-48,50,52-56H2,1-2H3,(H,75,80)/b36-35+,37-18-,43-41+,51-49+. The van der Waals surface area contributed by atoms with Crippen LogP contribution in [0.4, 0.5) is 0 Å². The van der Waals surface area contributed by atoms with E-state index in [2.05, 4.69) is 55.6 Å². The van der Waals surface area contributed by atoms with Gasteiger partial charge in [-0.2, -0.15) is 0 Å². The number of carbonyl (C=O) groups excluding carboxylic acids is 1. The van der Waals surface area contributed by atoms with E-state index in [-0.39, 0.29) is 18.9 Å². The number of allylic oxidation sites excluding steroid dienone is 7. The summed E-state index contributed by atoms with van der Waals surface area (Å²) in [6, 6.07) is -1.00. The van der Waals surface area contributed by atoms with Gasteiger partial charge in [-0.15, -0.1) is 0 Å². The molecule has 3 aliphatic rings. The number of hydrogen-bond donors (Lipinski definition) is 12. The molecule has 93 heavy (non-hydrogen) atoms. The van der Waals surface area contributed by atoms with Crippen molar-refractivity contribution in [3.05, 3.63) is 48.6 Å². The van der Waals surface area contributed by atoms with Crippen LogP contribution in [0.2, 0.25) is 0 Å². The van der Waals surface area contributed by atoms with Gasteiger partial charge in [-0.3, -0.25) is 4.79 Å². The van der Waals surface area contributed by atoms with Crippen LogP contribution in [0.1, 0.15) is 284 Å². The van der Waals surface area contributed by atoms with Crippen LogP contribution in [-0.4, -0.2) is 193 Å². The molecule has 0 aromatic heterocycles. The number of amides is 1. The third-order valence-corrected chi connectivity index (χ3v) is 18.6. The average molecular weight is 1330 g/mol. The van der Waals surface area contributed by atoms with Gasteiger partial charge < -0.3 is 89.9 Å². The van der Waals surface area contributed by atoms with Crippen molar-refractivity contribution in [2.45, 2.75) is 388 Å². The van der Waals surface area contributed by atoms with Crippen molar-refractivity contribution in [1.29, 1.82) is 0 Å². The van der Waals surface area contributed by atoms with Gasteiger partial charge in [0, 0.05) is 6.42 Å². The molecule has 0 bridgehead atoms. The summed E-state index contributed by atoms with van der Waals surface area (Å²) >= 11 is 0. The van der Waals surface area contributed by atoms with Crippen LogP contribution < -0.4 is 5.32 Å². The number of aliphatic hydroxyl groups excluding tert-OH is 11. The summed E-state index contributed by atoms with van der Waals surface area (Å²) < 4.78 is 34.3. The maximum atomic E-state index is 13.4. The molecule has 0 aromatic carbocycles. The Morgan fingerprint density at radius 1 is 0.376 bits per heavy atom. The van der Waals surface area contributed by atoms with E-state index < -0.39 is 124 Å². The molecule has 544 valence electrons. The van der Waals surface area contributed by atoms with E-state index in [1.807, 2.05) is 6.08 Å². The maximum Gasteiger partial charge on any atom is 0.220 e. The van der Waals surface area contributed by atoms with Gasteiger partial charge in [-0.05, 0) is 70.6 Å². The van der Waals surface area contributed by atoms with Gasteiger partial charge in [0.05, 0.1) is 38.6 Å². The molecule has 3 rings (SSSR count). The van der Waals surface area contributed by atoms with Crippen LogP contribution in [0, 0.1) is 0 Å². The van der Waals surface area contributed by atoms with E-state index in [9.17, 15) is 61.0 Å². The topological polar surface area (TPSA) is 307 Å². The van der Waals surface area contributed by atoms with Gasteiger partial charge in [0.1, 0.15) is 73.2 Å². The maximum absolute atomic E-state index is 13.4. The van der Waals surface area contributed by atoms with Crippen molar-refractivity contribution in [1.82, 2.24) is 5.32 Å². The number of unbranched alkanes of at least 4 members (excludes halogenated alkanes) is 36. The first kappa shape index (κ1) is 85.0. The smallest absolute Gasteiger partial charge is 0.220 e. The molecular weight excluding hydrogens is 1190 g/mol. The van der Waals surface area contributed by atoms with E-state index >= 15 is 0 Å². The van der Waals surface area contributed by atoms with Gasteiger partial charge in [0.15, 0.2) is 18.9 Å². The van der Waals surface area contributed by atoms with Crippen molar-refractivity contribution in [2.24, 2.45) is 0 Å². The van der Waals surface area contributed by atoms with Crippen molar-refractivity contribution < 1.29 is 89.4 Å². The fourth-order valence-corrected chi connectivity index (χ4v) is 12.5. The Morgan fingerprint density at radius 2 is 0.688 bits per heavy atom. The molecule has 19 heteroatoms. The molecule has 0 radical (unpaired) electrons. The Hall–Kier alpha value is -2.25. The van der Waals surface area contributed by atoms with Crippen LogP contribution >= 0.6 is 0 Å². The van der Waals surface area contributed by atoms with Crippen molar-refractivity contribution in [2.75, 3.05) is 26.4 Å². The largest absolute Gasteiger partial charge is 0.394 e. The van der Waals surface area contributed by atoms with E-state index in [4.69, 9.17) is 28.4 Å². The Morgan fingerprint density at radius 3 is 1.08 bits per heavy atom. The van der Waals surface area contributed by atoms with E-state index in [0.717, 1.165) is 64.2 Å². The minimum Gasteiger partial charge on any atom is -0.394 e. The molecule has 0 spiro atoms. The zero-order valence-corrected chi connectivity index (χ0v) is 57.7. The minimum atomic E-state index is -1.98. The Labute approximate surface area is 561 Å². The number of aliphatic hydroxyl groups is 11. The SMILES string of the molecule is CCCCCCCC/C=C\CCCCCCCC(=O)NC(COC1OC(CO)C(OC2OC(CO)C(OC3OC(CO)C(O)C(O)C3O)C(O)C2O)C(O)C1O)C(O)/C=C/CC/C=C/CC/C=C/CCCCCCCCCCCCCCCCCCCCCCCCC. The number of carbonyl (C=O) groups is 1. The summed E-state index contributed by atoms with van der Waals surface area (Å²) in [6.07, 6.45) is 41.2. The normalized spacial score (nSPS) is 27.8. The number of nitrogens with one attached hydrogen (secondary N) is 1. The third-order valence-electron chi connectivity index (χ3n) is 18.6. The summed E-state index contributed by atoms with van der Waals surface area (Å²) in [6.45, 7) is 1.71. The lowest BCUT2D eigenvalue weighted by molar-refractivity contribution is -0.379. The van der Waals surface area contributed by atoms with Crippen LogP contribution in [0.15, 0.2) is 48.6 Å². The predicted octanol–water partition coefficient (Wildman–Crippen LogP) is 10.9. The lowest BCUT2D eigenvalue weighted by Crippen LogP contribution is -2.66.